The molecule has 27 heavy (non-hydrogen) atoms. The van der Waals surface area contributed by atoms with E-state index in [1.165, 1.54) is 21.1 Å². The van der Waals surface area contributed by atoms with Crippen LogP contribution in [0, 0.1) is 13.8 Å². The Morgan fingerprint density at radius 3 is 2.74 bits per heavy atom. The molecule has 144 valence electrons. The number of hydrogen-bond donors (Lipinski definition) is 2. The summed E-state index contributed by atoms with van der Waals surface area (Å²) in [6, 6.07) is 8.66. The van der Waals surface area contributed by atoms with Gasteiger partial charge >= 0.3 is 0 Å². The molecule has 0 spiro atoms. The van der Waals surface area contributed by atoms with Gasteiger partial charge in [0.25, 0.3) is 0 Å². The van der Waals surface area contributed by atoms with Gasteiger partial charge in [0, 0.05) is 43.2 Å². The average molecular weight is 384 g/mol. The number of nitrogens with one attached hydrogen (secondary N) is 2. The van der Waals surface area contributed by atoms with Crippen molar-refractivity contribution >= 4 is 23.0 Å². The molecule has 1 aliphatic rings. The normalized spacial score (nSPS) is 14.0. The number of aryl methyl sites for hydroxylation is 2. The molecule has 2 heterocycles. The lowest BCUT2D eigenvalue weighted by molar-refractivity contribution is 0.795. The fourth-order valence-electron chi connectivity index (χ4n) is 2.99. The van der Waals surface area contributed by atoms with E-state index in [0.29, 0.717) is 6.54 Å². The Morgan fingerprint density at radius 1 is 1.22 bits per heavy atom. The van der Waals surface area contributed by atoms with Gasteiger partial charge in [-0.15, -0.1) is 11.3 Å². The predicted octanol–water partition coefficient (Wildman–Crippen LogP) is 3.43. The van der Waals surface area contributed by atoms with E-state index in [1.807, 2.05) is 0 Å². The van der Waals surface area contributed by atoms with Gasteiger partial charge in [0.2, 0.25) is 0 Å². The van der Waals surface area contributed by atoms with Gasteiger partial charge < -0.3 is 15.5 Å². The number of guanidine groups is 1. The summed E-state index contributed by atoms with van der Waals surface area (Å²) in [6.45, 7) is 10.6. The van der Waals surface area contributed by atoms with Crippen molar-refractivity contribution in [1.29, 1.82) is 0 Å². The van der Waals surface area contributed by atoms with Crippen molar-refractivity contribution < 1.29 is 0 Å². The molecule has 0 radical (unpaired) electrons. The highest BCUT2D eigenvalue weighted by Crippen LogP contribution is 2.19. The van der Waals surface area contributed by atoms with Crippen LogP contribution in [-0.4, -0.2) is 37.1 Å². The van der Waals surface area contributed by atoms with Gasteiger partial charge in [0.1, 0.15) is 0 Å². The second-order valence-corrected chi connectivity index (χ2v) is 7.96. The van der Waals surface area contributed by atoms with Gasteiger partial charge in [-0.1, -0.05) is 24.3 Å². The lowest BCUT2D eigenvalue weighted by atomic mass is 10.2. The number of anilines is 1. The van der Waals surface area contributed by atoms with E-state index >= 15 is 0 Å². The third-order valence-electron chi connectivity index (χ3n) is 4.56. The van der Waals surface area contributed by atoms with Crippen molar-refractivity contribution in [3.63, 3.8) is 0 Å². The summed E-state index contributed by atoms with van der Waals surface area (Å²) in [6.07, 6.45) is 5.34. The molecular formula is C21H29N5S. The van der Waals surface area contributed by atoms with Crippen LogP contribution in [0.5, 0.6) is 0 Å². The van der Waals surface area contributed by atoms with E-state index in [2.05, 4.69) is 77.7 Å². The lowest BCUT2D eigenvalue weighted by Crippen LogP contribution is -2.38. The second-order valence-electron chi connectivity index (χ2n) is 6.67. The Balaban J connectivity index is 1.55. The molecule has 3 rings (SSSR count). The SMILES string of the molecule is CCNC(=NCc1cccc(N2CC=CC2)c1)NCCc1nc(C)c(C)s1. The van der Waals surface area contributed by atoms with E-state index in [9.17, 15) is 0 Å². The van der Waals surface area contributed by atoms with Crippen molar-refractivity contribution in [2.24, 2.45) is 4.99 Å². The van der Waals surface area contributed by atoms with Crippen molar-refractivity contribution in [3.05, 3.63) is 57.6 Å². The molecule has 6 heteroatoms. The third kappa shape index (κ3) is 5.57. The van der Waals surface area contributed by atoms with Gasteiger partial charge in [0.05, 0.1) is 17.2 Å². The smallest absolute Gasteiger partial charge is 0.191 e. The van der Waals surface area contributed by atoms with Crippen LogP contribution < -0.4 is 15.5 Å². The molecule has 0 saturated heterocycles. The molecule has 2 N–H and O–H groups in total. The highest BCUT2D eigenvalue weighted by molar-refractivity contribution is 7.11. The van der Waals surface area contributed by atoms with E-state index < -0.39 is 0 Å². The van der Waals surface area contributed by atoms with Crippen molar-refractivity contribution in [2.75, 3.05) is 31.1 Å². The van der Waals surface area contributed by atoms with Gasteiger partial charge in [-0.3, -0.25) is 0 Å². The summed E-state index contributed by atoms with van der Waals surface area (Å²) in [4.78, 5) is 13.0. The number of hydrogen-bond acceptors (Lipinski definition) is 4. The Morgan fingerprint density at radius 2 is 2.04 bits per heavy atom. The fourth-order valence-corrected chi connectivity index (χ4v) is 3.92. The average Bonchev–Trinajstić information content (AvgIpc) is 3.30. The molecule has 5 nitrogen and oxygen atoms in total. The van der Waals surface area contributed by atoms with Crippen LogP contribution in [0.25, 0.3) is 0 Å². The van der Waals surface area contributed by atoms with E-state index in [4.69, 9.17) is 4.99 Å². The number of benzene rings is 1. The zero-order chi connectivity index (χ0) is 19.1. The first-order valence-electron chi connectivity index (χ1n) is 9.59. The summed E-state index contributed by atoms with van der Waals surface area (Å²) in [5, 5.41) is 7.93. The van der Waals surface area contributed by atoms with Gasteiger partial charge in [-0.2, -0.15) is 0 Å². The Bertz CT molecular complexity index is 781. The van der Waals surface area contributed by atoms with Crippen molar-refractivity contribution in [2.45, 2.75) is 33.7 Å². The molecule has 1 aromatic heterocycles. The maximum absolute atomic E-state index is 4.75. The number of nitrogens with zero attached hydrogens (tertiary/aromatic N) is 3. The first kappa shape index (κ1) is 19.4. The highest BCUT2D eigenvalue weighted by atomic mass is 32.1. The first-order chi connectivity index (χ1) is 13.2. The molecular weight excluding hydrogens is 354 g/mol. The second kappa shape index (κ2) is 9.55. The number of aromatic nitrogens is 1. The Kier molecular flexibility index (Phi) is 6.87. The van der Waals surface area contributed by atoms with Crippen LogP contribution in [0.3, 0.4) is 0 Å². The maximum Gasteiger partial charge on any atom is 0.191 e. The lowest BCUT2D eigenvalue weighted by Gasteiger charge is -2.18. The summed E-state index contributed by atoms with van der Waals surface area (Å²) in [7, 11) is 0. The van der Waals surface area contributed by atoms with Crippen molar-refractivity contribution in [3.8, 4) is 0 Å². The topological polar surface area (TPSA) is 52.6 Å². The molecule has 0 fully saturated rings. The minimum Gasteiger partial charge on any atom is -0.364 e. The van der Waals surface area contributed by atoms with E-state index in [-0.39, 0.29) is 0 Å². The molecule has 0 amide bonds. The summed E-state index contributed by atoms with van der Waals surface area (Å²) in [5.74, 6) is 0.857. The monoisotopic (exact) mass is 383 g/mol. The summed E-state index contributed by atoms with van der Waals surface area (Å²) in [5.41, 5.74) is 3.63. The third-order valence-corrected chi connectivity index (χ3v) is 5.69. The summed E-state index contributed by atoms with van der Waals surface area (Å²) >= 11 is 1.78. The van der Waals surface area contributed by atoms with Crippen molar-refractivity contribution in [1.82, 2.24) is 15.6 Å². The molecule has 2 aromatic rings. The largest absolute Gasteiger partial charge is 0.364 e. The van der Waals surface area contributed by atoms with Crippen LogP contribution in [0.1, 0.15) is 28.1 Å². The standard InChI is InChI=1S/C21H29N5S/c1-4-22-21(23-11-10-20-25-16(2)17(3)27-20)24-15-18-8-7-9-19(14-18)26-12-5-6-13-26/h5-9,14H,4,10-13,15H2,1-3H3,(H2,22,23,24). The number of aliphatic imine (C=N–C) groups is 1. The van der Waals surface area contributed by atoms with Crippen LogP contribution >= 0.6 is 11.3 Å². The fraction of sp³-hybridized carbons (Fsp3) is 0.429. The van der Waals surface area contributed by atoms with E-state index in [0.717, 1.165) is 44.3 Å². The number of thiazole rings is 1. The van der Waals surface area contributed by atoms with Crippen LogP contribution in [0.15, 0.2) is 41.4 Å². The molecule has 0 unspecified atom stereocenters. The Hall–Kier alpha value is -2.34. The molecule has 0 atom stereocenters. The molecule has 0 saturated carbocycles. The van der Waals surface area contributed by atoms with Gasteiger partial charge in [0.15, 0.2) is 5.96 Å². The highest BCUT2D eigenvalue weighted by Gasteiger charge is 2.08. The van der Waals surface area contributed by atoms with Gasteiger partial charge in [-0.25, -0.2) is 9.98 Å². The molecule has 1 aliphatic heterocycles. The minimum absolute atomic E-state index is 0.667. The Labute approximate surface area is 166 Å². The molecule has 0 bridgehead atoms. The number of rotatable bonds is 7. The summed E-state index contributed by atoms with van der Waals surface area (Å²) < 4.78 is 0. The zero-order valence-corrected chi connectivity index (χ0v) is 17.3. The molecule has 1 aromatic carbocycles. The van der Waals surface area contributed by atoms with Crippen LogP contribution in [0.4, 0.5) is 5.69 Å². The van der Waals surface area contributed by atoms with E-state index in [1.54, 1.807) is 11.3 Å². The van der Waals surface area contributed by atoms with Gasteiger partial charge in [-0.05, 0) is 38.5 Å². The van der Waals surface area contributed by atoms with Crippen LogP contribution in [-0.2, 0) is 13.0 Å². The molecule has 0 aliphatic carbocycles. The minimum atomic E-state index is 0.667. The zero-order valence-electron chi connectivity index (χ0n) is 16.5. The quantitative estimate of drug-likeness (QED) is 0.437. The van der Waals surface area contributed by atoms with Crippen LogP contribution in [0.2, 0.25) is 0 Å². The first-order valence-corrected chi connectivity index (χ1v) is 10.4. The predicted molar refractivity (Wildman–Crippen MR) is 116 cm³/mol. The maximum atomic E-state index is 4.75.